The summed E-state index contributed by atoms with van der Waals surface area (Å²) in [6.45, 7) is 2.86. The van der Waals surface area contributed by atoms with Gasteiger partial charge in [0, 0.05) is 17.3 Å². The Kier molecular flexibility index (Phi) is 7.50. The minimum absolute atomic E-state index is 0.0320. The second-order valence-corrected chi connectivity index (χ2v) is 7.64. The number of amides is 2. The van der Waals surface area contributed by atoms with Crippen molar-refractivity contribution >= 4 is 40.7 Å². The molecule has 0 fully saturated rings. The van der Waals surface area contributed by atoms with Gasteiger partial charge in [-0.15, -0.1) is 0 Å². The molecule has 0 unspecified atom stereocenters. The molecule has 2 amide bonds. The van der Waals surface area contributed by atoms with Gasteiger partial charge in [0.05, 0.1) is 23.6 Å². The Morgan fingerprint density at radius 3 is 2.23 bits per heavy atom. The van der Waals surface area contributed by atoms with Crippen molar-refractivity contribution in [3.63, 3.8) is 0 Å². The SMILES string of the molecule is CCNC(=O)Cc1ccc(N(Cc2ccccc2)C(=O)c2ccc(Cl)cc2Cl)cc1. The summed E-state index contributed by atoms with van der Waals surface area (Å²) >= 11 is 12.3. The Hall–Kier alpha value is -2.82. The van der Waals surface area contributed by atoms with Crippen LogP contribution < -0.4 is 10.2 Å². The Bertz CT molecular complexity index is 1020. The van der Waals surface area contributed by atoms with Crippen LogP contribution in [0.3, 0.4) is 0 Å². The third-order valence-electron chi connectivity index (χ3n) is 4.58. The second kappa shape index (κ2) is 10.3. The van der Waals surface area contributed by atoms with Gasteiger partial charge in [-0.05, 0) is 48.4 Å². The molecule has 3 aromatic carbocycles. The molecule has 0 aliphatic heterocycles. The maximum atomic E-state index is 13.4. The topological polar surface area (TPSA) is 49.4 Å². The van der Waals surface area contributed by atoms with Gasteiger partial charge in [-0.1, -0.05) is 65.7 Å². The first-order valence-corrected chi connectivity index (χ1v) is 10.4. The lowest BCUT2D eigenvalue weighted by molar-refractivity contribution is -0.120. The highest BCUT2D eigenvalue weighted by Crippen LogP contribution is 2.26. The van der Waals surface area contributed by atoms with E-state index in [0.29, 0.717) is 35.1 Å². The zero-order valence-electron chi connectivity index (χ0n) is 16.6. The molecule has 0 aromatic heterocycles. The number of nitrogens with one attached hydrogen (secondary N) is 1. The number of carbonyl (C=O) groups is 2. The summed E-state index contributed by atoms with van der Waals surface area (Å²) in [6, 6.07) is 22.0. The highest BCUT2D eigenvalue weighted by molar-refractivity contribution is 6.37. The van der Waals surface area contributed by atoms with E-state index < -0.39 is 0 Å². The lowest BCUT2D eigenvalue weighted by atomic mass is 10.1. The van der Waals surface area contributed by atoms with Crippen LogP contribution in [-0.4, -0.2) is 18.4 Å². The van der Waals surface area contributed by atoms with Crippen LogP contribution in [0.1, 0.15) is 28.4 Å². The van der Waals surface area contributed by atoms with Crippen LogP contribution in [0.2, 0.25) is 10.0 Å². The number of likely N-dealkylation sites (N-methyl/N-ethyl adjacent to an activating group) is 1. The maximum Gasteiger partial charge on any atom is 0.260 e. The van der Waals surface area contributed by atoms with E-state index in [2.05, 4.69) is 5.32 Å². The summed E-state index contributed by atoms with van der Waals surface area (Å²) in [6.07, 6.45) is 0.295. The van der Waals surface area contributed by atoms with Crippen molar-refractivity contribution in [1.82, 2.24) is 5.32 Å². The van der Waals surface area contributed by atoms with E-state index in [-0.39, 0.29) is 11.8 Å². The molecule has 0 aliphatic rings. The molecule has 3 rings (SSSR count). The summed E-state index contributed by atoms with van der Waals surface area (Å²) < 4.78 is 0. The minimum atomic E-state index is -0.225. The van der Waals surface area contributed by atoms with Gasteiger partial charge in [-0.25, -0.2) is 0 Å². The maximum absolute atomic E-state index is 13.4. The molecule has 30 heavy (non-hydrogen) atoms. The van der Waals surface area contributed by atoms with Gasteiger partial charge in [0.15, 0.2) is 0 Å². The number of hydrogen-bond donors (Lipinski definition) is 1. The van der Waals surface area contributed by atoms with E-state index in [9.17, 15) is 9.59 Å². The van der Waals surface area contributed by atoms with Crippen LogP contribution in [-0.2, 0) is 17.8 Å². The second-order valence-electron chi connectivity index (χ2n) is 6.80. The van der Waals surface area contributed by atoms with Crippen molar-refractivity contribution in [3.05, 3.63) is 99.5 Å². The van der Waals surface area contributed by atoms with Gasteiger partial charge in [-0.2, -0.15) is 0 Å². The van der Waals surface area contributed by atoms with E-state index >= 15 is 0 Å². The molecule has 4 nitrogen and oxygen atoms in total. The molecule has 0 spiro atoms. The van der Waals surface area contributed by atoms with E-state index in [1.165, 1.54) is 0 Å². The van der Waals surface area contributed by atoms with Crippen molar-refractivity contribution in [2.24, 2.45) is 0 Å². The Balaban J connectivity index is 1.91. The zero-order chi connectivity index (χ0) is 21.5. The molecule has 3 aromatic rings. The lowest BCUT2D eigenvalue weighted by Gasteiger charge is -2.24. The predicted molar refractivity (Wildman–Crippen MR) is 122 cm³/mol. The number of rotatable bonds is 7. The fourth-order valence-electron chi connectivity index (χ4n) is 3.09. The Morgan fingerprint density at radius 1 is 0.900 bits per heavy atom. The third-order valence-corrected chi connectivity index (χ3v) is 5.12. The number of carbonyl (C=O) groups excluding carboxylic acids is 2. The molecule has 0 radical (unpaired) electrons. The summed E-state index contributed by atoms with van der Waals surface area (Å²) in [5.41, 5.74) is 2.96. The Labute approximate surface area is 186 Å². The molecule has 0 heterocycles. The molecular weight excluding hydrogens is 419 g/mol. The quantitative estimate of drug-likeness (QED) is 0.525. The molecule has 0 bridgehead atoms. The average Bonchev–Trinajstić information content (AvgIpc) is 2.73. The van der Waals surface area contributed by atoms with Crippen LogP contribution in [0.5, 0.6) is 0 Å². The molecule has 0 atom stereocenters. The van der Waals surface area contributed by atoms with Crippen molar-refractivity contribution in [2.45, 2.75) is 19.9 Å². The highest BCUT2D eigenvalue weighted by Gasteiger charge is 2.21. The molecule has 6 heteroatoms. The largest absolute Gasteiger partial charge is 0.356 e. The number of hydrogen-bond acceptors (Lipinski definition) is 2. The monoisotopic (exact) mass is 440 g/mol. The summed E-state index contributed by atoms with van der Waals surface area (Å²) in [7, 11) is 0. The smallest absolute Gasteiger partial charge is 0.260 e. The normalized spacial score (nSPS) is 10.5. The van der Waals surface area contributed by atoms with E-state index in [4.69, 9.17) is 23.2 Å². The summed E-state index contributed by atoms with van der Waals surface area (Å²) in [5.74, 6) is -0.257. The van der Waals surface area contributed by atoms with Crippen LogP contribution in [0.4, 0.5) is 5.69 Å². The fourth-order valence-corrected chi connectivity index (χ4v) is 3.58. The van der Waals surface area contributed by atoms with Crippen LogP contribution >= 0.6 is 23.2 Å². The summed E-state index contributed by atoms with van der Waals surface area (Å²) in [4.78, 5) is 26.9. The van der Waals surface area contributed by atoms with Crippen molar-refractivity contribution in [1.29, 1.82) is 0 Å². The van der Waals surface area contributed by atoms with Gasteiger partial charge in [0.25, 0.3) is 5.91 Å². The van der Waals surface area contributed by atoms with Gasteiger partial charge in [0.2, 0.25) is 5.91 Å². The molecule has 1 N–H and O–H groups in total. The van der Waals surface area contributed by atoms with E-state index in [1.54, 1.807) is 23.1 Å². The standard InChI is InChI=1S/C24H22Cl2N2O2/c1-2-27-23(29)14-17-8-11-20(12-9-17)28(16-18-6-4-3-5-7-18)24(30)21-13-10-19(25)15-22(21)26/h3-13,15H,2,14,16H2,1H3,(H,27,29). The fraction of sp³-hybridized carbons (Fsp3) is 0.167. The number of halogens is 2. The molecule has 154 valence electrons. The minimum Gasteiger partial charge on any atom is -0.356 e. The van der Waals surface area contributed by atoms with Crippen molar-refractivity contribution in [3.8, 4) is 0 Å². The van der Waals surface area contributed by atoms with E-state index in [1.807, 2.05) is 61.5 Å². The summed E-state index contributed by atoms with van der Waals surface area (Å²) in [5, 5.41) is 3.56. The average molecular weight is 441 g/mol. The zero-order valence-corrected chi connectivity index (χ0v) is 18.1. The molecule has 0 saturated heterocycles. The predicted octanol–water partition coefficient (Wildman–Crippen LogP) is 5.52. The first-order valence-electron chi connectivity index (χ1n) is 9.64. The van der Waals surface area contributed by atoms with E-state index in [0.717, 1.165) is 16.8 Å². The number of anilines is 1. The van der Waals surface area contributed by atoms with Gasteiger partial charge >= 0.3 is 0 Å². The van der Waals surface area contributed by atoms with Crippen molar-refractivity contribution < 1.29 is 9.59 Å². The Morgan fingerprint density at radius 2 is 1.60 bits per heavy atom. The third kappa shape index (κ3) is 5.62. The van der Waals surface area contributed by atoms with Crippen LogP contribution in [0.25, 0.3) is 0 Å². The molecular formula is C24H22Cl2N2O2. The highest BCUT2D eigenvalue weighted by atomic mass is 35.5. The first-order chi connectivity index (χ1) is 14.5. The molecule has 0 aliphatic carbocycles. The molecule has 0 saturated carbocycles. The first kappa shape index (κ1) is 21.9. The number of benzene rings is 3. The van der Waals surface area contributed by atoms with Gasteiger partial charge in [-0.3, -0.25) is 9.59 Å². The van der Waals surface area contributed by atoms with Gasteiger partial charge in [0.1, 0.15) is 0 Å². The van der Waals surface area contributed by atoms with Crippen LogP contribution in [0.15, 0.2) is 72.8 Å². The van der Waals surface area contributed by atoms with Gasteiger partial charge < -0.3 is 10.2 Å². The number of nitrogens with zero attached hydrogens (tertiary/aromatic N) is 1. The van der Waals surface area contributed by atoms with Crippen LogP contribution in [0, 0.1) is 0 Å². The van der Waals surface area contributed by atoms with Crippen molar-refractivity contribution in [2.75, 3.05) is 11.4 Å². The lowest BCUT2D eigenvalue weighted by Crippen LogP contribution is -2.30.